The summed E-state index contributed by atoms with van der Waals surface area (Å²) in [5.74, 6) is 0.319. The molecule has 2 aliphatic heterocycles. The number of hydrogen-bond donors (Lipinski definition) is 1. The van der Waals surface area contributed by atoms with E-state index in [1.165, 1.54) is 0 Å². The van der Waals surface area contributed by atoms with E-state index in [4.69, 9.17) is 14.2 Å². The Bertz CT molecular complexity index is 723. The number of piperidine rings is 1. The van der Waals surface area contributed by atoms with E-state index >= 15 is 0 Å². The topological polar surface area (TPSA) is 63.8 Å². The highest BCUT2D eigenvalue weighted by Crippen LogP contribution is 2.32. The van der Waals surface area contributed by atoms with Crippen LogP contribution in [0.1, 0.15) is 23.3 Å². The molecule has 1 spiro atoms. The molecule has 0 bridgehead atoms. The van der Waals surface area contributed by atoms with Gasteiger partial charge in [0.15, 0.2) is 5.79 Å². The van der Waals surface area contributed by atoms with Gasteiger partial charge in [0.1, 0.15) is 11.4 Å². The van der Waals surface area contributed by atoms with E-state index in [1.54, 1.807) is 7.11 Å². The Labute approximate surface area is 134 Å². The van der Waals surface area contributed by atoms with Gasteiger partial charge in [-0.1, -0.05) is 6.07 Å². The molecule has 1 aromatic carbocycles. The lowest BCUT2D eigenvalue weighted by atomic mass is 10.0. The molecular weight excluding hydrogens is 296 g/mol. The van der Waals surface area contributed by atoms with Crippen LogP contribution < -0.4 is 4.74 Å². The molecule has 2 saturated heterocycles. The van der Waals surface area contributed by atoms with Crippen molar-refractivity contribution in [1.82, 2.24) is 9.88 Å². The number of amides is 1. The quantitative estimate of drug-likeness (QED) is 0.922. The molecule has 6 nitrogen and oxygen atoms in total. The van der Waals surface area contributed by atoms with E-state index in [-0.39, 0.29) is 5.91 Å². The summed E-state index contributed by atoms with van der Waals surface area (Å²) in [6.07, 6.45) is 1.45. The van der Waals surface area contributed by atoms with Gasteiger partial charge in [0.25, 0.3) is 5.91 Å². The largest absolute Gasteiger partial charge is 0.496 e. The van der Waals surface area contributed by atoms with Crippen molar-refractivity contribution in [1.29, 1.82) is 0 Å². The summed E-state index contributed by atoms with van der Waals surface area (Å²) in [7, 11) is 1.63. The number of H-pyrrole nitrogens is 1. The summed E-state index contributed by atoms with van der Waals surface area (Å²) in [5, 5.41) is 0.925. The zero-order valence-corrected chi connectivity index (χ0v) is 13.1. The van der Waals surface area contributed by atoms with Crippen LogP contribution in [0.25, 0.3) is 10.9 Å². The summed E-state index contributed by atoms with van der Waals surface area (Å²) in [4.78, 5) is 17.8. The van der Waals surface area contributed by atoms with Gasteiger partial charge in [0.2, 0.25) is 0 Å². The summed E-state index contributed by atoms with van der Waals surface area (Å²) in [6.45, 7) is 2.59. The predicted molar refractivity (Wildman–Crippen MR) is 84.6 cm³/mol. The molecule has 122 valence electrons. The second kappa shape index (κ2) is 5.54. The predicted octanol–water partition coefficient (Wildman–Crippen LogP) is 2.16. The molecule has 0 saturated carbocycles. The van der Waals surface area contributed by atoms with Gasteiger partial charge in [-0.15, -0.1) is 0 Å². The van der Waals surface area contributed by atoms with Crippen LogP contribution in [0, 0.1) is 0 Å². The molecule has 0 unspecified atom stereocenters. The Kier molecular flexibility index (Phi) is 3.50. The highest BCUT2D eigenvalue weighted by atomic mass is 16.7. The fraction of sp³-hybridized carbons (Fsp3) is 0.471. The SMILES string of the molecule is COc1cccc2[nH]c(C(=O)N3CCC4(CC3)OCCO4)cc12. The summed E-state index contributed by atoms with van der Waals surface area (Å²) >= 11 is 0. The minimum Gasteiger partial charge on any atom is -0.496 e. The Morgan fingerprint density at radius 3 is 2.70 bits per heavy atom. The molecule has 2 aliphatic rings. The van der Waals surface area contributed by atoms with Gasteiger partial charge in [-0.2, -0.15) is 0 Å². The molecule has 1 N–H and O–H groups in total. The van der Waals surface area contributed by atoms with E-state index in [1.807, 2.05) is 29.2 Å². The molecule has 0 radical (unpaired) electrons. The molecule has 3 heterocycles. The molecule has 1 amide bonds. The second-order valence-electron chi connectivity index (χ2n) is 6.00. The van der Waals surface area contributed by atoms with Crippen molar-refractivity contribution in [2.45, 2.75) is 18.6 Å². The molecule has 0 aliphatic carbocycles. The maximum absolute atomic E-state index is 12.7. The van der Waals surface area contributed by atoms with Crippen molar-refractivity contribution in [3.63, 3.8) is 0 Å². The third kappa shape index (κ3) is 2.48. The van der Waals surface area contributed by atoms with Crippen molar-refractivity contribution in [2.75, 3.05) is 33.4 Å². The highest BCUT2D eigenvalue weighted by molar-refractivity contribution is 5.99. The van der Waals surface area contributed by atoms with Crippen molar-refractivity contribution in [3.05, 3.63) is 30.0 Å². The third-order valence-corrected chi connectivity index (χ3v) is 4.70. The third-order valence-electron chi connectivity index (χ3n) is 4.70. The number of nitrogens with one attached hydrogen (secondary N) is 1. The first-order valence-electron chi connectivity index (χ1n) is 7.94. The fourth-order valence-corrected chi connectivity index (χ4v) is 3.43. The minimum absolute atomic E-state index is 0.0103. The van der Waals surface area contributed by atoms with Gasteiger partial charge < -0.3 is 24.1 Å². The number of methoxy groups -OCH3 is 1. The van der Waals surface area contributed by atoms with E-state index in [2.05, 4.69) is 4.98 Å². The molecule has 2 fully saturated rings. The Morgan fingerprint density at radius 1 is 1.26 bits per heavy atom. The average Bonchev–Trinajstić information content (AvgIpc) is 3.21. The Hall–Kier alpha value is -2.05. The fourth-order valence-electron chi connectivity index (χ4n) is 3.43. The summed E-state index contributed by atoms with van der Waals surface area (Å²) < 4.78 is 16.8. The lowest BCUT2D eigenvalue weighted by molar-refractivity contribution is -0.181. The maximum atomic E-state index is 12.7. The van der Waals surface area contributed by atoms with Crippen LogP contribution in [0.2, 0.25) is 0 Å². The highest BCUT2D eigenvalue weighted by Gasteiger charge is 2.41. The lowest BCUT2D eigenvalue weighted by Gasteiger charge is -2.37. The first kappa shape index (κ1) is 14.5. The van der Waals surface area contributed by atoms with E-state index in [0.29, 0.717) is 32.0 Å². The van der Waals surface area contributed by atoms with E-state index in [0.717, 1.165) is 29.5 Å². The van der Waals surface area contributed by atoms with Crippen LogP contribution in [0.3, 0.4) is 0 Å². The summed E-state index contributed by atoms with van der Waals surface area (Å²) in [5.41, 5.74) is 1.50. The molecule has 4 rings (SSSR count). The number of ether oxygens (including phenoxy) is 3. The molecular formula is C17H20N2O4. The first-order valence-corrected chi connectivity index (χ1v) is 7.94. The number of carbonyl (C=O) groups excluding carboxylic acids is 1. The number of benzene rings is 1. The van der Waals surface area contributed by atoms with Crippen LogP contribution in [0.15, 0.2) is 24.3 Å². The van der Waals surface area contributed by atoms with Gasteiger partial charge in [0, 0.05) is 36.8 Å². The number of nitrogens with zero attached hydrogens (tertiary/aromatic N) is 1. The molecule has 23 heavy (non-hydrogen) atoms. The van der Waals surface area contributed by atoms with Crippen molar-refractivity contribution < 1.29 is 19.0 Å². The lowest BCUT2D eigenvalue weighted by Crippen LogP contribution is -2.47. The number of likely N-dealkylation sites (tertiary alicyclic amines) is 1. The molecule has 2 aromatic rings. The smallest absolute Gasteiger partial charge is 0.270 e. The van der Waals surface area contributed by atoms with Crippen LogP contribution in [0.5, 0.6) is 5.75 Å². The number of hydrogen-bond acceptors (Lipinski definition) is 4. The number of fused-ring (bicyclic) bond motifs is 1. The summed E-state index contributed by atoms with van der Waals surface area (Å²) in [6, 6.07) is 7.61. The van der Waals surface area contributed by atoms with E-state index in [9.17, 15) is 4.79 Å². The zero-order chi connectivity index (χ0) is 15.9. The van der Waals surface area contributed by atoms with Gasteiger partial charge >= 0.3 is 0 Å². The number of carbonyl (C=O) groups is 1. The van der Waals surface area contributed by atoms with E-state index < -0.39 is 5.79 Å². The normalized spacial score (nSPS) is 20.3. The monoisotopic (exact) mass is 316 g/mol. The average molecular weight is 316 g/mol. The van der Waals surface area contributed by atoms with Crippen LogP contribution in [0.4, 0.5) is 0 Å². The van der Waals surface area contributed by atoms with Crippen LogP contribution in [-0.4, -0.2) is 55.0 Å². The van der Waals surface area contributed by atoms with Crippen molar-refractivity contribution >= 4 is 16.8 Å². The maximum Gasteiger partial charge on any atom is 0.270 e. The van der Waals surface area contributed by atoms with Crippen molar-refractivity contribution in [2.24, 2.45) is 0 Å². The Balaban J connectivity index is 1.53. The van der Waals surface area contributed by atoms with Gasteiger partial charge in [0.05, 0.1) is 20.3 Å². The molecule has 6 heteroatoms. The van der Waals surface area contributed by atoms with Gasteiger partial charge in [-0.3, -0.25) is 4.79 Å². The number of aromatic amines is 1. The Morgan fingerprint density at radius 2 is 2.00 bits per heavy atom. The van der Waals surface area contributed by atoms with Gasteiger partial charge in [-0.25, -0.2) is 0 Å². The van der Waals surface area contributed by atoms with Crippen LogP contribution in [-0.2, 0) is 9.47 Å². The number of rotatable bonds is 2. The molecule has 1 aromatic heterocycles. The zero-order valence-electron chi connectivity index (χ0n) is 13.1. The van der Waals surface area contributed by atoms with Gasteiger partial charge in [-0.05, 0) is 18.2 Å². The van der Waals surface area contributed by atoms with Crippen molar-refractivity contribution in [3.8, 4) is 5.75 Å². The minimum atomic E-state index is -0.458. The first-order chi connectivity index (χ1) is 11.2. The molecule has 0 atom stereocenters. The second-order valence-corrected chi connectivity index (χ2v) is 6.00. The van der Waals surface area contributed by atoms with Crippen LogP contribution >= 0.6 is 0 Å². The standard InChI is InChI=1S/C17H20N2O4/c1-21-15-4-2-3-13-12(15)11-14(18-13)16(20)19-7-5-17(6-8-19)22-9-10-23-17/h2-4,11,18H,5-10H2,1H3. The number of aromatic nitrogens is 1.